The van der Waals surface area contributed by atoms with Crippen molar-refractivity contribution < 1.29 is 66.4 Å². The summed E-state index contributed by atoms with van der Waals surface area (Å²) in [5.74, 6) is -0.504. The van der Waals surface area contributed by atoms with Crippen LogP contribution in [-0.2, 0) is 61.6 Å². The molecular weight excluding hydrogens is 692 g/mol. The highest BCUT2D eigenvalue weighted by atomic mass is 16.6. The van der Waals surface area contributed by atoms with Gasteiger partial charge in [-0.25, -0.2) is 4.79 Å². The van der Waals surface area contributed by atoms with Gasteiger partial charge in [0.05, 0.1) is 138 Å². The fourth-order valence-electron chi connectivity index (χ4n) is 4.45. The Hall–Kier alpha value is -2.24. The molecule has 0 amide bonds. The lowest BCUT2D eigenvalue weighted by Gasteiger charge is -2.09. The van der Waals surface area contributed by atoms with Gasteiger partial charge in [0.1, 0.15) is 13.2 Å². The Morgan fingerprint density at radius 1 is 0.377 bits per heavy atom. The van der Waals surface area contributed by atoms with Gasteiger partial charge in [0, 0.05) is 6.42 Å². The van der Waals surface area contributed by atoms with Gasteiger partial charge in [0.25, 0.3) is 0 Å². The van der Waals surface area contributed by atoms with Crippen LogP contribution in [0.25, 0.3) is 0 Å². The molecule has 14 nitrogen and oxygen atoms in total. The minimum absolute atomic E-state index is 0.145. The van der Waals surface area contributed by atoms with Gasteiger partial charge in [0.2, 0.25) is 0 Å². The molecule has 0 saturated heterocycles. The third-order valence-corrected chi connectivity index (χ3v) is 7.29. The highest BCUT2D eigenvalue weighted by Crippen LogP contribution is 2.08. The van der Waals surface area contributed by atoms with Crippen LogP contribution in [0.15, 0.2) is 30.3 Å². The summed E-state index contributed by atoms with van der Waals surface area (Å²) in [6.07, 6.45) is 8.77. The molecule has 0 aliphatic heterocycles. The molecule has 0 aromatic heterocycles. The quantitative estimate of drug-likeness (QED) is 0.0671. The second-order valence-corrected chi connectivity index (χ2v) is 11.7. The molecule has 0 radical (unpaired) electrons. The van der Waals surface area contributed by atoms with E-state index in [-0.39, 0.29) is 25.2 Å². The lowest BCUT2D eigenvalue weighted by molar-refractivity contribution is -0.145. The summed E-state index contributed by atoms with van der Waals surface area (Å²) in [5.41, 5.74) is 0.523. The SMILES string of the molecule is CCCCCCCCCC(=O)OCCOCCOCCOCCOCCOCCOCCOCCOCCOCCOCCOC(=O)c1ccccc1. The lowest BCUT2D eigenvalue weighted by atomic mass is 10.1. The van der Waals surface area contributed by atoms with E-state index < -0.39 is 0 Å². The lowest BCUT2D eigenvalue weighted by Crippen LogP contribution is -2.16. The van der Waals surface area contributed by atoms with Crippen molar-refractivity contribution in [3.05, 3.63) is 35.9 Å². The van der Waals surface area contributed by atoms with Crippen LogP contribution in [0.2, 0.25) is 0 Å². The number of hydrogen-bond acceptors (Lipinski definition) is 14. The Balaban J connectivity index is 1.64. The fraction of sp³-hybridized carbons (Fsp3) is 0.795. The molecular formula is C39H68O14. The molecule has 53 heavy (non-hydrogen) atoms. The standard InChI is InChI=1S/C39H68O14/c1-2-3-4-5-6-7-11-14-38(40)52-35-33-50-31-29-48-27-25-46-23-21-44-19-17-42-15-16-43-18-20-45-22-24-47-26-28-49-30-32-51-34-36-53-39(41)37-12-9-8-10-13-37/h8-10,12-13H,2-7,11,14-36H2,1H3. The minimum atomic E-state index is -0.359. The molecule has 0 N–H and O–H groups in total. The smallest absolute Gasteiger partial charge is 0.338 e. The monoisotopic (exact) mass is 760 g/mol. The van der Waals surface area contributed by atoms with Crippen LogP contribution in [0.4, 0.5) is 0 Å². The highest BCUT2D eigenvalue weighted by molar-refractivity contribution is 5.89. The average Bonchev–Trinajstić information content (AvgIpc) is 3.18. The van der Waals surface area contributed by atoms with E-state index >= 15 is 0 Å². The van der Waals surface area contributed by atoms with Gasteiger partial charge < -0.3 is 56.8 Å². The molecule has 0 bridgehead atoms. The normalized spacial score (nSPS) is 11.3. The molecule has 0 spiro atoms. The van der Waals surface area contributed by atoms with Crippen molar-refractivity contribution in [3.8, 4) is 0 Å². The van der Waals surface area contributed by atoms with E-state index in [9.17, 15) is 9.59 Å². The molecule has 308 valence electrons. The summed E-state index contributed by atoms with van der Waals surface area (Å²) in [6, 6.07) is 8.85. The van der Waals surface area contributed by atoms with E-state index in [1.807, 2.05) is 6.07 Å². The number of rotatable bonds is 42. The largest absolute Gasteiger partial charge is 0.463 e. The first-order valence-corrected chi connectivity index (χ1v) is 19.4. The predicted octanol–water partition coefficient (Wildman–Crippen LogP) is 4.69. The zero-order valence-corrected chi connectivity index (χ0v) is 32.3. The van der Waals surface area contributed by atoms with Crippen molar-refractivity contribution in [1.29, 1.82) is 0 Å². The number of carbonyl (C=O) groups excluding carboxylic acids is 2. The fourth-order valence-corrected chi connectivity index (χ4v) is 4.45. The summed E-state index contributed by atoms with van der Waals surface area (Å²) in [6.45, 7) is 11.9. The topological polar surface area (TPSA) is 145 Å². The summed E-state index contributed by atoms with van der Waals surface area (Å²) >= 11 is 0. The van der Waals surface area contributed by atoms with Crippen LogP contribution in [0.5, 0.6) is 0 Å². The summed E-state index contributed by atoms with van der Waals surface area (Å²) in [5, 5.41) is 0. The molecule has 0 fully saturated rings. The zero-order valence-electron chi connectivity index (χ0n) is 32.3. The summed E-state index contributed by atoms with van der Waals surface area (Å²) in [7, 11) is 0. The second kappa shape index (κ2) is 40.9. The third-order valence-electron chi connectivity index (χ3n) is 7.29. The van der Waals surface area contributed by atoms with Crippen LogP contribution in [0.1, 0.15) is 68.6 Å². The molecule has 0 unspecified atom stereocenters. The van der Waals surface area contributed by atoms with Crippen molar-refractivity contribution in [2.24, 2.45) is 0 Å². The van der Waals surface area contributed by atoms with E-state index in [0.29, 0.717) is 144 Å². The van der Waals surface area contributed by atoms with Gasteiger partial charge in [-0.2, -0.15) is 0 Å². The maximum absolute atomic E-state index is 11.8. The van der Waals surface area contributed by atoms with Crippen LogP contribution in [-0.4, -0.2) is 157 Å². The van der Waals surface area contributed by atoms with E-state index in [1.165, 1.54) is 32.1 Å². The Morgan fingerprint density at radius 2 is 0.679 bits per heavy atom. The Labute approximate surface area is 317 Å². The molecule has 0 aliphatic rings. The van der Waals surface area contributed by atoms with Gasteiger partial charge in [-0.15, -0.1) is 0 Å². The van der Waals surface area contributed by atoms with Gasteiger partial charge in [0.15, 0.2) is 0 Å². The van der Waals surface area contributed by atoms with Crippen molar-refractivity contribution in [2.45, 2.75) is 58.3 Å². The number of carbonyl (C=O) groups is 2. The number of ether oxygens (including phenoxy) is 12. The highest BCUT2D eigenvalue weighted by Gasteiger charge is 2.05. The second-order valence-electron chi connectivity index (χ2n) is 11.7. The molecule has 0 heterocycles. The van der Waals surface area contributed by atoms with E-state index in [4.69, 9.17) is 56.8 Å². The Bertz CT molecular complexity index is 907. The van der Waals surface area contributed by atoms with E-state index in [2.05, 4.69) is 6.92 Å². The molecule has 0 atom stereocenters. The molecule has 14 heteroatoms. The van der Waals surface area contributed by atoms with Crippen molar-refractivity contribution >= 4 is 11.9 Å². The molecule has 0 saturated carbocycles. The zero-order chi connectivity index (χ0) is 38.0. The summed E-state index contributed by atoms with van der Waals surface area (Å²) in [4.78, 5) is 23.5. The first kappa shape index (κ1) is 48.8. The van der Waals surface area contributed by atoms with Gasteiger partial charge in [-0.05, 0) is 18.6 Å². The van der Waals surface area contributed by atoms with Crippen LogP contribution >= 0.6 is 0 Å². The number of benzene rings is 1. The van der Waals surface area contributed by atoms with Crippen LogP contribution < -0.4 is 0 Å². The summed E-state index contributed by atoms with van der Waals surface area (Å²) < 4.78 is 65.0. The molecule has 1 rings (SSSR count). The minimum Gasteiger partial charge on any atom is -0.463 e. The van der Waals surface area contributed by atoms with Gasteiger partial charge in [-0.1, -0.05) is 63.6 Å². The number of hydrogen-bond donors (Lipinski definition) is 0. The number of esters is 2. The van der Waals surface area contributed by atoms with E-state index in [0.717, 1.165) is 12.8 Å². The Kier molecular flexibility index (Phi) is 37.7. The predicted molar refractivity (Wildman–Crippen MR) is 198 cm³/mol. The van der Waals surface area contributed by atoms with Gasteiger partial charge >= 0.3 is 11.9 Å². The maximum Gasteiger partial charge on any atom is 0.338 e. The van der Waals surface area contributed by atoms with Gasteiger partial charge in [-0.3, -0.25) is 4.79 Å². The maximum atomic E-state index is 11.8. The first-order valence-electron chi connectivity index (χ1n) is 19.4. The molecule has 1 aromatic carbocycles. The first-order chi connectivity index (χ1) is 26.2. The number of unbranched alkanes of at least 4 members (excludes halogenated alkanes) is 6. The van der Waals surface area contributed by atoms with Crippen molar-refractivity contribution in [3.63, 3.8) is 0 Å². The Morgan fingerprint density at radius 3 is 1.04 bits per heavy atom. The van der Waals surface area contributed by atoms with Crippen molar-refractivity contribution in [1.82, 2.24) is 0 Å². The van der Waals surface area contributed by atoms with E-state index in [1.54, 1.807) is 24.3 Å². The van der Waals surface area contributed by atoms with Crippen molar-refractivity contribution in [2.75, 3.05) is 145 Å². The third kappa shape index (κ3) is 36.5. The molecule has 0 aliphatic carbocycles. The average molecular weight is 761 g/mol. The molecule has 1 aromatic rings. The van der Waals surface area contributed by atoms with Crippen LogP contribution in [0, 0.1) is 0 Å². The van der Waals surface area contributed by atoms with Crippen LogP contribution in [0.3, 0.4) is 0 Å².